The summed E-state index contributed by atoms with van der Waals surface area (Å²) in [5.41, 5.74) is 6.73. The van der Waals surface area contributed by atoms with Gasteiger partial charge in [-0.05, 0) is 44.5 Å². The fourth-order valence-electron chi connectivity index (χ4n) is 2.02. The molecule has 1 aromatic heterocycles. The second-order valence-corrected chi connectivity index (χ2v) is 4.21. The Balaban J connectivity index is 2.03. The summed E-state index contributed by atoms with van der Waals surface area (Å²) in [6.07, 6.45) is 6.29. The van der Waals surface area contributed by atoms with E-state index in [1.807, 2.05) is 12.4 Å². The topological polar surface area (TPSA) is 55.0 Å². The van der Waals surface area contributed by atoms with Crippen LogP contribution in [0.2, 0.25) is 0 Å². The van der Waals surface area contributed by atoms with Crippen molar-refractivity contribution in [1.82, 2.24) is 14.9 Å². The highest BCUT2D eigenvalue weighted by atomic mass is 15.1. The van der Waals surface area contributed by atoms with E-state index in [0.717, 1.165) is 5.82 Å². The fraction of sp³-hybridized carbons (Fsp3) is 0.636. The Hall–Kier alpha value is -1.00. The molecule has 2 rings (SSSR count). The Bertz CT molecular complexity index is 301. The Kier molecular flexibility index (Phi) is 3.28. The van der Waals surface area contributed by atoms with Gasteiger partial charge in [0.1, 0.15) is 5.82 Å². The Morgan fingerprint density at radius 2 is 1.93 bits per heavy atom. The normalized spacial score (nSPS) is 19.3. The number of hydrogen-bond acceptors (Lipinski definition) is 4. The number of rotatable bonds is 2. The molecule has 0 atom stereocenters. The van der Waals surface area contributed by atoms with Crippen LogP contribution in [0.25, 0.3) is 0 Å². The number of hydrogen-bond donors (Lipinski definition) is 1. The zero-order valence-electron chi connectivity index (χ0n) is 9.19. The zero-order chi connectivity index (χ0) is 10.7. The van der Waals surface area contributed by atoms with Crippen LogP contribution in [0, 0.1) is 0 Å². The molecular weight excluding hydrogens is 188 g/mol. The molecule has 0 spiro atoms. The number of aromatic nitrogens is 2. The van der Waals surface area contributed by atoms with Crippen molar-refractivity contribution in [2.45, 2.75) is 25.3 Å². The van der Waals surface area contributed by atoms with E-state index in [-0.39, 0.29) is 0 Å². The minimum Gasteiger partial charge on any atom is -0.324 e. The monoisotopic (exact) mass is 206 g/mol. The summed E-state index contributed by atoms with van der Waals surface area (Å²) in [5.74, 6) is 1.36. The number of likely N-dealkylation sites (tertiary alicyclic amines) is 1. The molecule has 0 saturated carbocycles. The van der Waals surface area contributed by atoms with Crippen LogP contribution in [0.15, 0.2) is 12.4 Å². The van der Waals surface area contributed by atoms with Crippen molar-refractivity contribution in [3.63, 3.8) is 0 Å². The summed E-state index contributed by atoms with van der Waals surface area (Å²) in [6.45, 7) is 2.76. The quantitative estimate of drug-likeness (QED) is 0.775. The predicted octanol–water partition coefficient (Wildman–Crippen LogP) is 0.745. The van der Waals surface area contributed by atoms with Crippen molar-refractivity contribution in [3.05, 3.63) is 23.8 Å². The first-order valence-electron chi connectivity index (χ1n) is 5.49. The van der Waals surface area contributed by atoms with Gasteiger partial charge < -0.3 is 10.6 Å². The van der Waals surface area contributed by atoms with Crippen LogP contribution in [0.1, 0.15) is 30.1 Å². The van der Waals surface area contributed by atoms with Gasteiger partial charge in [-0.25, -0.2) is 9.97 Å². The summed E-state index contributed by atoms with van der Waals surface area (Å²) in [5, 5.41) is 0. The third-order valence-electron chi connectivity index (χ3n) is 3.10. The lowest BCUT2D eigenvalue weighted by atomic mass is 9.91. The van der Waals surface area contributed by atoms with Crippen LogP contribution in [0.3, 0.4) is 0 Å². The third kappa shape index (κ3) is 2.52. The van der Waals surface area contributed by atoms with Crippen LogP contribution in [-0.2, 0) is 6.54 Å². The van der Waals surface area contributed by atoms with Crippen LogP contribution in [0.5, 0.6) is 0 Å². The highest BCUT2D eigenvalue weighted by Gasteiger charge is 2.18. The standard InChI is InChI=1S/C11H18N4/c1-15-4-2-9(3-5-15)10-7-13-11(6-12)14-8-10/h7-9H,2-6,12H2,1H3. The van der Waals surface area contributed by atoms with Gasteiger partial charge in [0.05, 0.1) is 6.54 Å². The molecule has 2 N–H and O–H groups in total. The van der Waals surface area contributed by atoms with E-state index in [9.17, 15) is 0 Å². The van der Waals surface area contributed by atoms with Crippen molar-refractivity contribution < 1.29 is 0 Å². The van der Waals surface area contributed by atoms with E-state index in [0.29, 0.717) is 12.5 Å². The van der Waals surface area contributed by atoms with E-state index in [1.54, 1.807) is 0 Å². The van der Waals surface area contributed by atoms with Crippen molar-refractivity contribution in [2.24, 2.45) is 5.73 Å². The molecule has 0 bridgehead atoms. The van der Waals surface area contributed by atoms with Gasteiger partial charge in [-0.1, -0.05) is 0 Å². The van der Waals surface area contributed by atoms with Crippen molar-refractivity contribution in [1.29, 1.82) is 0 Å². The summed E-state index contributed by atoms with van der Waals surface area (Å²) < 4.78 is 0. The largest absolute Gasteiger partial charge is 0.324 e. The van der Waals surface area contributed by atoms with Crippen molar-refractivity contribution in [2.75, 3.05) is 20.1 Å². The van der Waals surface area contributed by atoms with E-state index < -0.39 is 0 Å². The van der Waals surface area contributed by atoms with Crippen LogP contribution in [0.4, 0.5) is 0 Å². The molecule has 2 heterocycles. The second-order valence-electron chi connectivity index (χ2n) is 4.21. The van der Waals surface area contributed by atoms with Crippen LogP contribution < -0.4 is 5.73 Å². The van der Waals surface area contributed by atoms with Crippen molar-refractivity contribution in [3.8, 4) is 0 Å². The van der Waals surface area contributed by atoms with E-state index in [2.05, 4.69) is 21.9 Å². The number of nitrogens with zero attached hydrogens (tertiary/aromatic N) is 3. The Morgan fingerprint density at radius 3 is 2.47 bits per heavy atom. The van der Waals surface area contributed by atoms with Gasteiger partial charge in [0.15, 0.2) is 0 Å². The molecule has 4 nitrogen and oxygen atoms in total. The molecule has 82 valence electrons. The molecule has 4 heteroatoms. The van der Waals surface area contributed by atoms with Crippen LogP contribution in [-0.4, -0.2) is 35.0 Å². The predicted molar refractivity (Wildman–Crippen MR) is 59.4 cm³/mol. The van der Waals surface area contributed by atoms with E-state index >= 15 is 0 Å². The molecule has 1 aromatic rings. The summed E-state index contributed by atoms with van der Waals surface area (Å²) in [6, 6.07) is 0. The number of nitrogens with two attached hydrogens (primary N) is 1. The maximum Gasteiger partial charge on any atom is 0.141 e. The van der Waals surface area contributed by atoms with Gasteiger partial charge in [-0.3, -0.25) is 0 Å². The average molecular weight is 206 g/mol. The SMILES string of the molecule is CN1CCC(c2cnc(CN)nc2)CC1. The first-order valence-corrected chi connectivity index (χ1v) is 5.49. The molecule has 1 fully saturated rings. The first-order chi connectivity index (χ1) is 7.29. The maximum atomic E-state index is 5.46. The zero-order valence-corrected chi connectivity index (χ0v) is 9.19. The first kappa shape index (κ1) is 10.5. The minimum atomic E-state index is 0.424. The molecule has 1 aliphatic heterocycles. The summed E-state index contributed by atoms with van der Waals surface area (Å²) >= 11 is 0. The molecule has 15 heavy (non-hydrogen) atoms. The molecule has 0 radical (unpaired) electrons. The summed E-state index contributed by atoms with van der Waals surface area (Å²) in [4.78, 5) is 10.9. The van der Waals surface area contributed by atoms with Crippen LogP contribution >= 0.6 is 0 Å². The van der Waals surface area contributed by atoms with Gasteiger partial charge in [-0.15, -0.1) is 0 Å². The molecule has 0 aromatic carbocycles. The molecule has 0 amide bonds. The average Bonchev–Trinajstić information content (AvgIpc) is 2.30. The summed E-state index contributed by atoms with van der Waals surface area (Å²) in [7, 11) is 2.17. The minimum absolute atomic E-state index is 0.424. The fourth-order valence-corrected chi connectivity index (χ4v) is 2.02. The lowest BCUT2D eigenvalue weighted by Gasteiger charge is -2.28. The molecule has 0 aliphatic carbocycles. The highest BCUT2D eigenvalue weighted by Crippen LogP contribution is 2.26. The molecule has 1 saturated heterocycles. The second kappa shape index (κ2) is 4.68. The third-order valence-corrected chi connectivity index (χ3v) is 3.10. The van der Waals surface area contributed by atoms with E-state index in [4.69, 9.17) is 5.73 Å². The molecule has 0 unspecified atom stereocenters. The van der Waals surface area contributed by atoms with Gasteiger partial charge in [-0.2, -0.15) is 0 Å². The lowest BCUT2D eigenvalue weighted by Crippen LogP contribution is -2.29. The Morgan fingerprint density at radius 1 is 1.33 bits per heavy atom. The Labute approximate surface area is 90.5 Å². The molecule has 1 aliphatic rings. The van der Waals surface area contributed by atoms with Gasteiger partial charge in [0.25, 0.3) is 0 Å². The highest BCUT2D eigenvalue weighted by molar-refractivity contribution is 5.12. The van der Waals surface area contributed by atoms with E-state index in [1.165, 1.54) is 31.5 Å². The maximum absolute atomic E-state index is 5.46. The van der Waals surface area contributed by atoms with Crippen molar-refractivity contribution >= 4 is 0 Å². The van der Waals surface area contributed by atoms with Gasteiger partial charge >= 0.3 is 0 Å². The molecular formula is C11H18N4. The smallest absolute Gasteiger partial charge is 0.141 e. The van der Waals surface area contributed by atoms with Gasteiger partial charge in [0, 0.05) is 12.4 Å². The lowest BCUT2D eigenvalue weighted by molar-refractivity contribution is 0.255. The van der Waals surface area contributed by atoms with Gasteiger partial charge in [0.2, 0.25) is 0 Å². The number of piperidine rings is 1.